The predicted octanol–water partition coefficient (Wildman–Crippen LogP) is 14.8. The largest absolute Gasteiger partial charge is 0.456 e. The Labute approximate surface area is 333 Å². The fourth-order valence-electron chi connectivity index (χ4n) is 8.75. The van der Waals surface area contributed by atoms with Gasteiger partial charge in [-0.05, 0) is 89.8 Å². The van der Waals surface area contributed by atoms with Crippen LogP contribution in [0.15, 0.2) is 209 Å². The van der Waals surface area contributed by atoms with E-state index >= 15 is 0 Å². The minimum Gasteiger partial charge on any atom is -0.456 e. The van der Waals surface area contributed by atoms with Gasteiger partial charge < -0.3 is 18.3 Å². The molecule has 9 aromatic carbocycles. The van der Waals surface area contributed by atoms with Crippen molar-refractivity contribution < 1.29 is 8.83 Å². The molecule has 12 rings (SSSR count). The Morgan fingerprint density at radius 2 is 1.12 bits per heavy atom. The minimum absolute atomic E-state index is 0.607. The van der Waals surface area contributed by atoms with E-state index in [-0.39, 0.29) is 0 Å². The van der Waals surface area contributed by atoms with Crippen LogP contribution in [0.1, 0.15) is 0 Å². The summed E-state index contributed by atoms with van der Waals surface area (Å²) in [5, 5.41) is 7.01. The van der Waals surface area contributed by atoms with Crippen LogP contribution in [-0.2, 0) is 0 Å². The summed E-state index contributed by atoms with van der Waals surface area (Å²) in [5.74, 6) is 0.607. The Balaban J connectivity index is 1.08. The molecule has 5 nitrogen and oxygen atoms in total. The van der Waals surface area contributed by atoms with Crippen molar-refractivity contribution in [3.05, 3.63) is 200 Å². The van der Waals surface area contributed by atoms with Gasteiger partial charge in [-0.1, -0.05) is 115 Å². The number of furan rings is 1. The number of anilines is 3. The van der Waals surface area contributed by atoms with Crippen LogP contribution in [0.5, 0.6) is 0 Å². The number of benzene rings is 9. The van der Waals surface area contributed by atoms with Gasteiger partial charge in [0.2, 0.25) is 5.89 Å². The maximum atomic E-state index is 6.51. The van der Waals surface area contributed by atoms with Crippen LogP contribution in [0.3, 0.4) is 0 Å². The Kier molecular flexibility index (Phi) is 7.16. The van der Waals surface area contributed by atoms with Crippen LogP contribution in [0.2, 0.25) is 0 Å². The first-order valence-electron chi connectivity index (χ1n) is 19.5. The summed E-state index contributed by atoms with van der Waals surface area (Å²) in [6, 6.07) is 70.4. The van der Waals surface area contributed by atoms with Gasteiger partial charge in [-0.3, -0.25) is 0 Å². The first kappa shape index (κ1) is 32.4. The summed E-state index contributed by atoms with van der Waals surface area (Å²) in [7, 11) is 0. The maximum absolute atomic E-state index is 6.51. The highest BCUT2D eigenvalue weighted by Gasteiger charge is 2.21. The summed E-state index contributed by atoms with van der Waals surface area (Å²) in [4.78, 5) is 7.21. The van der Waals surface area contributed by atoms with Gasteiger partial charge in [0, 0.05) is 66.9 Å². The third kappa shape index (κ3) is 5.07. The number of hydrogen-bond acceptors (Lipinski definition) is 4. The quantitative estimate of drug-likeness (QED) is 0.170. The topological polar surface area (TPSA) is 47.3 Å². The average Bonchev–Trinajstić information content (AvgIpc) is 3.99. The molecule has 3 aromatic heterocycles. The Hall–Kier alpha value is -7.89. The Morgan fingerprint density at radius 1 is 0.431 bits per heavy atom. The van der Waals surface area contributed by atoms with Gasteiger partial charge in [-0.15, -0.1) is 0 Å². The minimum atomic E-state index is 0.607. The van der Waals surface area contributed by atoms with Crippen LogP contribution in [0.4, 0.5) is 17.1 Å². The van der Waals surface area contributed by atoms with Gasteiger partial charge in [0.15, 0.2) is 5.58 Å². The van der Waals surface area contributed by atoms with Gasteiger partial charge in [0.1, 0.15) is 16.7 Å². The van der Waals surface area contributed by atoms with Crippen molar-refractivity contribution in [2.45, 2.75) is 0 Å². The van der Waals surface area contributed by atoms with Gasteiger partial charge in [-0.2, -0.15) is 0 Å². The summed E-state index contributed by atoms with van der Waals surface area (Å²) < 4.78 is 15.4. The van der Waals surface area contributed by atoms with Crippen molar-refractivity contribution in [1.82, 2.24) is 9.55 Å². The van der Waals surface area contributed by atoms with E-state index in [4.69, 9.17) is 13.8 Å². The molecule has 0 atom stereocenters. The van der Waals surface area contributed by atoms with Crippen LogP contribution >= 0.6 is 0 Å². The highest BCUT2D eigenvalue weighted by atomic mass is 16.3. The van der Waals surface area contributed by atoms with Gasteiger partial charge >= 0.3 is 0 Å². The van der Waals surface area contributed by atoms with E-state index < -0.39 is 0 Å². The fraction of sp³-hybridized carbons (Fsp3) is 0. The Bertz CT molecular complexity index is 3520. The summed E-state index contributed by atoms with van der Waals surface area (Å²) in [5.41, 5.74) is 12.8. The Morgan fingerprint density at radius 3 is 2.02 bits per heavy atom. The zero-order valence-corrected chi connectivity index (χ0v) is 31.2. The van der Waals surface area contributed by atoms with Crippen molar-refractivity contribution in [1.29, 1.82) is 0 Å². The third-order valence-corrected chi connectivity index (χ3v) is 11.4. The molecular weight excluding hydrogens is 711 g/mol. The molecule has 0 aliphatic heterocycles. The molecule has 0 fully saturated rings. The van der Waals surface area contributed by atoms with Gasteiger partial charge in [-0.25, -0.2) is 4.98 Å². The zero-order valence-electron chi connectivity index (χ0n) is 31.2. The van der Waals surface area contributed by atoms with E-state index in [9.17, 15) is 0 Å². The van der Waals surface area contributed by atoms with E-state index in [1.54, 1.807) is 0 Å². The van der Waals surface area contributed by atoms with E-state index in [1.165, 1.54) is 27.1 Å². The molecule has 5 heteroatoms. The molecule has 272 valence electrons. The molecule has 0 saturated carbocycles. The lowest BCUT2D eigenvalue weighted by Crippen LogP contribution is -2.10. The maximum Gasteiger partial charge on any atom is 0.227 e. The molecule has 12 aromatic rings. The molecule has 0 saturated heterocycles. The zero-order chi connectivity index (χ0) is 38.2. The van der Waals surface area contributed by atoms with Gasteiger partial charge in [0.05, 0.1) is 11.0 Å². The van der Waals surface area contributed by atoms with Crippen LogP contribution in [-0.4, -0.2) is 9.55 Å². The first-order chi connectivity index (χ1) is 28.7. The lowest BCUT2D eigenvalue weighted by molar-refractivity contribution is 0.621. The summed E-state index contributed by atoms with van der Waals surface area (Å²) >= 11 is 0. The monoisotopic (exact) mass is 743 g/mol. The molecule has 0 amide bonds. The summed E-state index contributed by atoms with van der Waals surface area (Å²) in [6.07, 6.45) is 0. The van der Waals surface area contributed by atoms with Crippen molar-refractivity contribution in [3.63, 3.8) is 0 Å². The number of rotatable bonds is 6. The molecule has 0 N–H and O–H groups in total. The van der Waals surface area contributed by atoms with E-state index in [0.29, 0.717) is 5.89 Å². The molecule has 0 aliphatic rings. The second kappa shape index (κ2) is 12.8. The van der Waals surface area contributed by atoms with Gasteiger partial charge in [0.25, 0.3) is 0 Å². The molecule has 0 aliphatic carbocycles. The number of oxazole rings is 1. The molecule has 3 heterocycles. The van der Waals surface area contributed by atoms with Crippen molar-refractivity contribution >= 4 is 82.7 Å². The molecule has 0 spiro atoms. The van der Waals surface area contributed by atoms with Crippen LogP contribution < -0.4 is 4.90 Å². The van der Waals surface area contributed by atoms with Crippen molar-refractivity contribution in [2.24, 2.45) is 0 Å². The molecule has 0 unspecified atom stereocenters. The smallest absolute Gasteiger partial charge is 0.227 e. The van der Waals surface area contributed by atoms with Crippen LogP contribution in [0.25, 0.3) is 93.9 Å². The molecule has 0 bridgehead atoms. The average molecular weight is 744 g/mol. The standard InChI is InChI=1S/C53H33N3O2/c1-3-14-35(15-4-1)53-54-47-23-12-22-42(52(47)58-53)36-16-11-19-38(31-36)55(40-26-29-44-43-21-9-10-24-49(43)57-50(44)33-40)39-27-30-48-46(32-39)45-28-25-34-13-7-8-20-41(34)51(45)56(48)37-17-5-2-6-18-37/h1-33H. The van der Waals surface area contributed by atoms with Crippen molar-refractivity contribution in [2.75, 3.05) is 4.90 Å². The first-order valence-corrected chi connectivity index (χ1v) is 19.5. The number of nitrogens with zero attached hydrogens (tertiary/aromatic N) is 3. The SMILES string of the molecule is c1ccc(-c2nc3cccc(-c4cccc(N(c5ccc6c(c5)oc5ccccc56)c5ccc6c(c5)c5ccc7ccccc7c5n6-c5ccccc5)c4)c3o2)cc1. The second-order valence-electron chi connectivity index (χ2n) is 14.8. The lowest BCUT2D eigenvalue weighted by atomic mass is 10.0. The predicted molar refractivity (Wildman–Crippen MR) is 239 cm³/mol. The molecule has 0 radical (unpaired) electrons. The number of para-hydroxylation sites is 3. The van der Waals surface area contributed by atoms with Crippen molar-refractivity contribution in [3.8, 4) is 28.3 Å². The van der Waals surface area contributed by atoms with E-state index in [1.807, 2.05) is 48.5 Å². The lowest BCUT2D eigenvalue weighted by Gasteiger charge is -2.26. The molecule has 58 heavy (non-hydrogen) atoms. The fourth-order valence-corrected chi connectivity index (χ4v) is 8.75. The van der Waals surface area contributed by atoms with E-state index in [0.717, 1.165) is 78.0 Å². The number of fused-ring (bicyclic) bond motifs is 9. The van der Waals surface area contributed by atoms with E-state index in [2.05, 4.69) is 161 Å². The number of aromatic nitrogens is 2. The normalized spacial score (nSPS) is 11.8. The summed E-state index contributed by atoms with van der Waals surface area (Å²) in [6.45, 7) is 0. The molecular formula is C53H33N3O2. The number of hydrogen-bond donors (Lipinski definition) is 0. The highest BCUT2D eigenvalue weighted by Crippen LogP contribution is 2.44. The second-order valence-corrected chi connectivity index (χ2v) is 14.8. The third-order valence-electron chi connectivity index (χ3n) is 11.4. The highest BCUT2D eigenvalue weighted by molar-refractivity contribution is 6.19. The van der Waals surface area contributed by atoms with Crippen LogP contribution in [0, 0.1) is 0 Å².